The highest BCUT2D eigenvalue weighted by Gasteiger charge is 2.34. The summed E-state index contributed by atoms with van der Waals surface area (Å²) in [5.41, 5.74) is 0.421. The van der Waals surface area contributed by atoms with Crippen molar-refractivity contribution in [1.82, 2.24) is 24.7 Å². The molecule has 0 spiro atoms. The summed E-state index contributed by atoms with van der Waals surface area (Å²) in [6.07, 6.45) is 11.0. The first-order valence-corrected chi connectivity index (χ1v) is 10.3. The number of hydrogen-bond acceptors (Lipinski definition) is 5. The Kier molecular flexibility index (Phi) is 5.66. The molecule has 3 fully saturated rings. The Morgan fingerprint density at radius 3 is 2.37 bits per heavy atom. The molecular weight excluding hydrogens is 342 g/mol. The van der Waals surface area contributed by atoms with Gasteiger partial charge in [-0.15, -0.1) is 0 Å². The molecule has 7 heteroatoms. The molecule has 1 aromatic rings. The van der Waals surface area contributed by atoms with Gasteiger partial charge in [-0.25, -0.2) is 4.98 Å². The minimum Gasteiger partial charge on any atom is -0.342 e. The van der Waals surface area contributed by atoms with Gasteiger partial charge in [0.15, 0.2) is 0 Å². The number of aromatic nitrogens is 2. The van der Waals surface area contributed by atoms with Crippen LogP contribution >= 0.6 is 0 Å². The average molecular weight is 371 g/mol. The van der Waals surface area contributed by atoms with Crippen LogP contribution in [-0.2, 0) is 4.79 Å². The molecule has 0 N–H and O–H groups in total. The second kappa shape index (κ2) is 8.33. The maximum Gasteiger partial charge on any atom is 0.274 e. The highest BCUT2D eigenvalue weighted by molar-refractivity contribution is 5.92. The number of amides is 2. The quantitative estimate of drug-likeness (QED) is 0.804. The van der Waals surface area contributed by atoms with E-state index in [1.807, 2.05) is 4.90 Å². The Hall–Kier alpha value is -2.02. The van der Waals surface area contributed by atoms with Gasteiger partial charge in [-0.1, -0.05) is 0 Å². The maximum atomic E-state index is 12.8. The number of rotatable bonds is 3. The largest absolute Gasteiger partial charge is 0.342 e. The number of piperidine rings is 2. The molecule has 0 bridgehead atoms. The van der Waals surface area contributed by atoms with Gasteiger partial charge in [0.1, 0.15) is 5.69 Å². The predicted molar refractivity (Wildman–Crippen MR) is 101 cm³/mol. The van der Waals surface area contributed by atoms with Gasteiger partial charge in [0.2, 0.25) is 5.91 Å². The SMILES string of the molecule is O=C(c1cnccn1)N1CCC(N2CCCC(C(=O)N3CCCC3)C2)CC1. The fraction of sp³-hybridized carbons (Fsp3) is 0.700. The standard InChI is InChI=1S/C20H29N5O2/c26-19(23-9-1-2-10-23)16-4-3-11-25(15-16)17-5-12-24(13-6-17)20(27)18-14-21-7-8-22-18/h7-8,14,16-17H,1-6,9-13,15H2. The summed E-state index contributed by atoms with van der Waals surface area (Å²) in [5.74, 6) is 0.505. The van der Waals surface area contributed by atoms with Crippen molar-refractivity contribution < 1.29 is 9.59 Å². The molecule has 7 nitrogen and oxygen atoms in total. The van der Waals surface area contributed by atoms with Gasteiger partial charge in [-0.3, -0.25) is 19.5 Å². The zero-order chi connectivity index (χ0) is 18.6. The highest BCUT2D eigenvalue weighted by Crippen LogP contribution is 2.26. The van der Waals surface area contributed by atoms with Gasteiger partial charge < -0.3 is 9.80 Å². The van der Waals surface area contributed by atoms with Crippen LogP contribution in [0.1, 0.15) is 49.0 Å². The molecule has 146 valence electrons. The van der Waals surface area contributed by atoms with Gasteiger partial charge in [0.25, 0.3) is 5.91 Å². The van der Waals surface area contributed by atoms with E-state index in [1.54, 1.807) is 12.4 Å². The van der Waals surface area contributed by atoms with Crippen molar-refractivity contribution in [2.75, 3.05) is 39.3 Å². The fourth-order valence-electron chi connectivity index (χ4n) is 4.74. The minimum atomic E-state index is -0.0257. The van der Waals surface area contributed by atoms with E-state index < -0.39 is 0 Å². The molecule has 0 radical (unpaired) electrons. The van der Waals surface area contributed by atoms with E-state index in [2.05, 4.69) is 19.8 Å². The third kappa shape index (κ3) is 4.13. The maximum absolute atomic E-state index is 12.8. The molecule has 0 saturated carbocycles. The topological polar surface area (TPSA) is 69.6 Å². The fourth-order valence-corrected chi connectivity index (χ4v) is 4.74. The van der Waals surface area contributed by atoms with E-state index in [9.17, 15) is 9.59 Å². The normalized spacial score (nSPS) is 25.0. The molecule has 27 heavy (non-hydrogen) atoms. The summed E-state index contributed by atoms with van der Waals surface area (Å²) in [6.45, 7) is 5.35. The number of nitrogens with zero attached hydrogens (tertiary/aromatic N) is 5. The molecular formula is C20H29N5O2. The van der Waals surface area contributed by atoms with E-state index >= 15 is 0 Å². The molecule has 1 unspecified atom stereocenters. The first-order valence-electron chi connectivity index (χ1n) is 10.3. The molecule has 0 aliphatic carbocycles. The predicted octanol–water partition coefficient (Wildman–Crippen LogP) is 1.42. The second-order valence-corrected chi connectivity index (χ2v) is 7.98. The lowest BCUT2D eigenvalue weighted by Gasteiger charge is -2.42. The van der Waals surface area contributed by atoms with Crippen molar-refractivity contribution >= 4 is 11.8 Å². The second-order valence-electron chi connectivity index (χ2n) is 7.98. The van der Waals surface area contributed by atoms with Crippen molar-refractivity contribution in [2.24, 2.45) is 5.92 Å². The number of carbonyl (C=O) groups is 2. The molecule has 4 heterocycles. The lowest BCUT2D eigenvalue weighted by molar-refractivity contribution is -0.136. The Morgan fingerprint density at radius 1 is 0.889 bits per heavy atom. The molecule has 1 aromatic heterocycles. The van der Waals surface area contributed by atoms with Crippen LogP contribution < -0.4 is 0 Å². The monoisotopic (exact) mass is 371 g/mol. The first kappa shape index (κ1) is 18.3. The van der Waals surface area contributed by atoms with Gasteiger partial charge in [0.05, 0.1) is 12.1 Å². The molecule has 0 aromatic carbocycles. The van der Waals surface area contributed by atoms with Crippen molar-refractivity contribution in [3.8, 4) is 0 Å². The Morgan fingerprint density at radius 2 is 1.67 bits per heavy atom. The van der Waals surface area contributed by atoms with Gasteiger partial charge in [0, 0.05) is 51.2 Å². The molecule has 3 saturated heterocycles. The lowest BCUT2D eigenvalue weighted by atomic mass is 9.93. The minimum absolute atomic E-state index is 0.0257. The number of carbonyl (C=O) groups excluding carboxylic acids is 2. The smallest absolute Gasteiger partial charge is 0.274 e. The van der Waals surface area contributed by atoms with E-state index in [0.29, 0.717) is 17.6 Å². The molecule has 1 atom stereocenters. The molecule has 3 aliphatic rings. The van der Waals surface area contributed by atoms with E-state index in [4.69, 9.17) is 0 Å². The van der Waals surface area contributed by atoms with Crippen molar-refractivity contribution in [1.29, 1.82) is 0 Å². The van der Waals surface area contributed by atoms with Crippen molar-refractivity contribution in [3.05, 3.63) is 24.3 Å². The zero-order valence-electron chi connectivity index (χ0n) is 15.9. The summed E-state index contributed by atoms with van der Waals surface area (Å²) in [5, 5.41) is 0. The summed E-state index contributed by atoms with van der Waals surface area (Å²) < 4.78 is 0. The third-order valence-corrected chi connectivity index (χ3v) is 6.27. The third-order valence-electron chi connectivity index (χ3n) is 6.27. The summed E-state index contributed by atoms with van der Waals surface area (Å²) in [6, 6.07) is 0.477. The van der Waals surface area contributed by atoms with Gasteiger partial charge in [-0.2, -0.15) is 0 Å². The molecule has 4 rings (SSSR count). The number of likely N-dealkylation sites (tertiary alicyclic amines) is 3. The molecule has 2 amide bonds. The van der Waals surface area contributed by atoms with Crippen molar-refractivity contribution in [3.63, 3.8) is 0 Å². The van der Waals surface area contributed by atoms with E-state index in [0.717, 1.165) is 77.8 Å². The van der Waals surface area contributed by atoms with Gasteiger partial charge in [-0.05, 0) is 45.1 Å². The van der Waals surface area contributed by atoms with Crippen LogP contribution in [0.2, 0.25) is 0 Å². The van der Waals surface area contributed by atoms with Crippen LogP contribution in [0.15, 0.2) is 18.6 Å². The number of hydrogen-bond donors (Lipinski definition) is 0. The first-order chi connectivity index (χ1) is 13.2. The van der Waals surface area contributed by atoms with Crippen LogP contribution in [0.3, 0.4) is 0 Å². The Labute approximate surface area is 160 Å². The summed E-state index contributed by atoms with van der Waals surface area (Å²) in [7, 11) is 0. The average Bonchev–Trinajstić information content (AvgIpc) is 3.28. The van der Waals surface area contributed by atoms with Crippen molar-refractivity contribution in [2.45, 2.75) is 44.6 Å². The van der Waals surface area contributed by atoms with E-state index in [1.165, 1.54) is 6.20 Å². The van der Waals surface area contributed by atoms with E-state index in [-0.39, 0.29) is 11.8 Å². The highest BCUT2D eigenvalue weighted by atomic mass is 16.2. The summed E-state index contributed by atoms with van der Waals surface area (Å²) in [4.78, 5) is 39.9. The van der Waals surface area contributed by atoms with Crippen LogP contribution in [0, 0.1) is 5.92 Å². The van der Waals surface area contributed by atoms with Crippen LogP contribution in [0.25, 0.3) is 0 Å². The van der Waals surface area contributed by atoms with Crippen LogP contribution in [0.5, 0.6) is 0 Å². The van der Waals surface area contributed by atoms with Gasteiger partial charge >= 0.3 is 0 Å². The van der Waals surface area contributed by atoms with Crippen LogP contribution in [0.4, 0.5) is 0 Å². The van der Waals surface area contributed by atoms with Crippen LogP contribution in [-0.4, -0.2) is 81.8 Å². The zero-order valence-corrected chi connectivity index (χ0v) is 15.9. The Balaban J connectivity index is 1.30. The Bertz CT molecular complexity index is 654. The summed E-state index contributed by atoms with van der Waals surface area (Å²) >= 11 is 0. The lowest BCUT2D eigenvalue weighted by Crippen LogP contribution is -2.51. The molecule has 3 aliphatic heterocycles.